The molecule has 0 saturated carbocycles. The summed E-state index contributed by atoms with van der Waals surface area (Å²) in [4.78, 5) is 0. The van der Waals surface area contributed by atoms with Gasteiger partial charge in [0.2, 0.25) is 0 Å². The van der Waals surface area contributed by atoms with Crippen molar-refractivity contribution < 1.29 is 20.1 Å². The topological polar surface area (TPSA) is 69.9 Å². The van der Waals surface area contributed by atoms with Gasteiger partial charge >= 0.3 is 0 Å². The van der Waals surface area contributed by atoms with E-state index in [4.69, 9.17) is 9.84 Å². The van der Waals surface area contributed by atoms with Crippen molar-refractivity contribution in [2.75, 3.05) is 6.79 Å². The molecule has 3 N–H and O–H groups in total. The van der Waals surface area contributed by atoms with Gasteiger partial charge in [0.15, 0.2) is 0 Å². The molecule has 0 fully saturated rings. The first-order valence-corrected chi connectivity index (χ1v) is 9.85. The zero-order chi connectivity index (χ0) is 20.6. The van der Waals surface area contributed by atoms with E-state index in [1.165, 1.54) is 11.6 Å². The van der Waals surface area contributed by atoms with Crippen molar-refractivity contribution in [1.29, 1.82) is 0 Å². The van der Waals surface area contributed by atoms with Gasteiger partial charge < -0.3 is 20.1 Å². The fourth-order valence-corrected chi connectivity index (χ4v) is 3.29. The molecule has 152 valence electrons. The fourth-order valence-electron chi connectivity index (χ4n) is 3.29. The summed E-state index contributed by atoms with van der Waals surface area (Å²) in [6.45, 7) is 6.03. The third-order valence-corrected chi connectivity index (χ3v) is 4.99. The maximum Gasteiger partial charge on any atom is 0.144 e. The number of aliphatic hydroxyl groups is 1. The van der Waals surface area contributed by atoms with Crippen molar-refractivity contribution >= 4 is 12.2 Å². The number of rotatable bonds is 10. The third-order valence-electron chi connectivity index (χ3n) is 4.99. The van der Waals surface area contributed by atoms with Crippen molar-refractivity contribution in [3.8, 4) is 11.5 Å². The normalized spacial score (nSPS) is 13.1. The predicted molar refractivity (Wildman–Crippen MR) is 114 cm³/mol. The Balaban J connectivity index is 1.92. The van der Waals surface area contributed by atoms with E-state index in [1.54, 1.807) is 12.1 Å². The number of unbranched alkanes of at least 4 members (excludes halogenated alkanes) is 1. The molecule has 1 atom stereocenters. The van der Waals surface area contributed by atoms with Gasteiger partial charge in [0.1, 0.15) is 18.3 Å². The monoisotopic (exact) mass is 384 g/mol. The first kappa shape index (κ1) is 22.0. The minimum Gasteiger partial charge on any atom is -0.508 e. The molecule has 0 radical (unpaired) electrons. The maximum atomic E-state index is 9.58. The van der Waals surface area contributed by atoms with Gasteiger partial charge in [-0.15, -0.1) is 0 Å². The van der Waals surface area contributed by atoms with Crippen molar-refractivity contribution in [3.05, 3.63) is 59.2 Å². The number of aromatic hydroxyl groups is 2. The molecule has 0 spiro atoms. The number of aliphatic hydroxyl groups excluding tert-OH is 1. The zero-order valence-electron chi connectivity index (χ0n) is 17.1. The molecular formula is C24H32O4. The number of phenolic OH excluding ortho intramolecular Hbond substituents is 2. The second-order valence-corrected chi connectivity index (χ2v) is 7.97. The number of hydrogen-bond donors (Lipinski definition) is 3. The van der Waals surface area contributed by atoms with Crippen LogP contribution in [0.15, 0.2) is 42.5 Å². The highest BCUT2D eigenvalue weighted by Gasteiger charge is 2.17. The van der Waals surface area contributed by atoms with Gasteiger partial charge in [-0.05, 0) is 61.4 Å². The second kappa shape index (κ2) is 10.3. The summed E-state index contributed by atoms with van der Waals surface area (Å²) in [6, 6.07) is 13.0. The first-order valence-electron chi connectivity index (χ1n) is 9.85. The largest absolute Gasteiger partial charge is 0.508 e. The van der Waals surface area contributed by atoms with Crippen LogP contribution < -0.4 is 0 Å². The molecule has 0 bridgehead atoms. The van der Waals surface area contributed by atoms with Crippen LogP contribution >= 0.6 is 0 Å². The zero-order valence-corrected chi connectivity index (χ0v) is 17.1. The van der Waals surface area contributed by atoms with Gasteiger partial charge in [-0.25, -0.2) is 0 Å². The van der Waals surface area contributed by atoms with Crippen LogP contribution in [0.4, 0.5) is 0 Å². The Labute approximate surface area is 168 Å². The molecule has 4 nitrogen and oxygen atoms in total. The Hall–Kier alpha value is -2.30. The maximum absolute atomic E-state index is 9.58. The lowest BCUT2D eigenvalue weighted by molar-refractivity contribution is -0.102. The Bertz CT molecular complexity index is 760. The summed E-state index contributed by atoms with van der Waals surface area (Å²) in [5.74, 6) is 0.559. The van der Waals surface area contributed by atoms with Crippen molar-refractivity contribution in [1.82, 2.24) is 0 Å². The Morgan fingerprint density at radius 3 is 2.32 bits per heavy atom. The Kier molecular flexibility index (Phi) is 8.09. The van der Waals surface area contributed by atoms with E-state index >= 15 is 0 Å². The van der Waals surface area contributed by atoms with E-state index in [9.17, 15) is 10.2 Å². The van der Waals surface area contributed by atoms with Crippen LogP contribution in [0.2, 0.25) is 0 Å². The molecule has 0 heterocycles. The van der Waals surface area contributed by atoms with Crippen LogP contribution in [0, 0.1) is 0 Å². The lowest BCUT2D eigenvalue weighted by atomic mass is 9.92. The van der Waals surface area contributed by atoms with Gasteiger partial charge in [0, 0.05) is 6.07 Å². The SMILES string of the molecule is CC(CCCCC(C)(C)OCO)c1cccc(/C=C/c2cc(O)cc(O)c2)c1. The van der Waals surface area contributed by atoms with E-state index in [0.29, 0.717) is 5.92 Å². The van der Waals surface area contributed by atoms with Crippen LogP contribution in [0.1, 0.15) is 69.1 Å². The van der Waals surface area contributed by atoms with Gasteiger partial charge in [-0.3, -0.25) is 0 Å². The van der Waals surface area contributed by atoms with Crippen LogP contribution in [-0.2, 0) is 4.74 Å². The number of ether oxygens (including phenoxy) is 1. The van der Waals surface area contributed by atoms with E-state index in [0.717, 1.165) is 36.8 Å². The fraction of sp³-hybridized carbons (Fsp3) is 0.417. The molecule has 0 aliphatic rings. The summed E-state index contributed by atoms with van der Waals surface area (Å²) in [7, 11) is 0. The lowest BCUT2D eigenvalue weighted by Gasteiger charge is -2.24. The number of hydrogen-bond acceptors (Lipinski definition) is 4. The van der Waals surface area contributed by atoms with Crippen LogP contribution in [0.25, 0.3) is 12.2 Å². The third kappa shape index (κ3) is 7.37. The summed E-state index contributed by atoms with van der Waals surface area (Å²) < 4.78 is 5.33. The Morgan fingerprint density at radius 1 is 0.964 bits per heavy atom. The number of benzene rings is 2. The number of phenols is 2. The average Bonchev–Trinajstić information content (AvgIpc) is 2.63. The molecule has 2 aromatic carbocycles. The van der Waals surface area contributed by atoms with E-state index < -0.39 is 0 Å². The van der Waals surface area contributed by atoms with E-state index in [2.05, 4.69) is 25.1 Å². The molecule has 2 rings (SSSR count). The van der Waals surface area contributed by atoms with Crippen LogP contribution in [-0.4, -0.2) is 27.7 Å². The van der Waals surface area contributed by atoms with Crippen molar-refractivity contribution in [3.63, 3.8) is 0 Å². The van der Waals surface area contributed by atoms with Gasteiger partial charge in [0.25, 0.3) is 0 Å². The molecule has 0 aliphatic heterocycles. The van der Waals surface area contributed by atoms with Gasteiger partial charge in [-0.1, -0.05) is 56.2 Å². The molecule has 0 saturated heterocycles. The second-order valence-electron chi connectivity index (χ2n) is 7.97. The molecule has 0 aliphatic carbocycles. The molecular weight excluding hydrogens is 352 g/mol. The van der Waals surface area contributed by atoms with E-state index in [-0.39, 0.29) is 23.9 Å². The van der Waals surface area contributed by atoms with Gasteiger partial charge in [-0.2, -0.15) is 0 Å². The molecule has 1 unspecified atom stereocenters. The van der Waals surface area contributed by atoms with Crippen LogP contribution in [0.5, 0.6) is 11.5 Å². The average molecular weight is 385 g/mol. The smallest absolute Gasteiger partial charge is 0.144 e. The molecule has 2 aromatic rings. The first-order chi connectivity index (χ1) is 13.3. The predicted octanol–water partition coefficient (Wildman–Crippen LogP) is 5.68. The van der Waals surface area contributed by atoms with Crippen LogP contribution in [0.3, 0.4) is 0 Å². The molecule has 0 amide bonds. The quantitative estimate of drug-likeness (QED) is 0.280. The lowest BCUT2D eigenvalue weighted by Crippen LogP contribution is -2.24. The molecule has 4 heteroatoms. The van der Waals surface area contributed by atoms with Crippen molar-refractivity contribution in [2.24, 2.45) is 0 Å². The van der Waals surface area contributed by atoms with Crippen molar-refractivity contribution in [2.45, 2.75) is 58.0 Å². The summed E-state index contributed by atoms with van der Waals surface area (Å²) in [5.41, 5.74) is 2.86. The highest BCUT2D eigenvalue weighted by atomic mass is 16.6. The van der Waals surface area contributed by atoms with E-state index in [1.807, 2.05) is 32.1 Å². The standard InChI is InChI=1S/C24H32O4/c1-18(7-4-5-12-24(2,3)28-17-25)21-9-6-8-19(13-21)10-11-20-14-22(26)16-23(27)15-20/h6,8-11,13-16,18,25-27H,4-5,7,12,17H2,1-3H3/b11-10+. The molecule has 0 aromatic heterocycles. The minimum absolute atomic E-state index is 0.0505. The Morgan fingerprint density at radius 2 is 1.64 bits per heavy atom. The highest BCUT2D eigenvalue weighted by molar-refractivity contribution is 5.71. The molecule has 28 heavy (non-hydrogen) atoms. The highest BCUT2D eigenvalue weighted by Crippen LogP contribution is 2.26. The summed E-state index contributed by atoms with van der Waals surface area (Å²) in [5, 5.41) is 28.1. The van der Waals surface area contributed by atoms with Gasteiger partial charge in [0.05, 0.1) is 5.60 Å². The summed E-state index contributed by atoms with van der Waals surface area (Å²) >= 11 is 0. The summed E-state index contributed by atoms with van der Waals surface area (Å²) in [6.07, 6.45) is 8.08. The minimum atomic E-state index is -0.275.